The molecule has 0 saturated heterocycles. The van der Waals surface area contributed by atoms with Gasteiger partial charge < -0.3 is 0 Å². The molecule has 0 spiro atoms. The Hall–Kier alpha value is -2.55. The zero-order chi connectivity index (χ0) is 14.8. The molecule has 0 aliphatic heterocycles. The molecule has 0 saturated carbocycles. The molecule has 0 fully saturated rings. The number of nitrogens with zero attached hydrogens (tertiary/aromatic N) is 2. The van der Waals surface area contributed by atoms with Crippen molar-refractivity contribution in [3.8, 4) is 0 Å². The lowest BCUT2D eigenvalue weighted by atomic mass is 9.98. The van der Waals surface area contributed by atoms with Crippen molar-refractivity contribution in [1.82, 2.24) is 9.97 Å². The predicted molar refractivity (Wildman–Crippen MR) is 83.5 cm³/mol. The topological polar surface area (TPSA) is 42.9 Å². The highest BCUT2D eigenvalue weighted by molar-refractivity contribution is 6.10. The van der Waals surface area contributed by atoms with Gasteiger partial charge in [-0.2, -0.15) is 0 Å². The van der Waals surface area contributed by atoms with Crippen LogP contribution in [-0.2, 0) is 0 Å². The largest absolute Gasteiger partial charge is 0.289 e. The second-order valence-electron chi connectivity index (χ2n) is 5.37. The van der Waals surface area contributed by atoms with Gasteiger partial charge >= 0.3 is 0 Å². The molecule has 21 heavy (non-hydrogen) atoms. The van der Waals surface area contributed by atoms with Gasteiger partial charge in [0.2, 0.25) is 0 Å². The van der Waals surface area contributed by atoms with Gasteiger partial charge in [0, 0.05) is 23.5 Å². The molecule has 3 heteroatoms. The van der Waals surface area contributed by atoms with E-state index in [-0.39, 0.29) is 5.78 Å². The smallest absolute Gasteiger partial charge is 0.193 e. The molecule has 0 aliphatic carbocycles. The molecule has 0 atom stereocenters. The van der Waals surface area contributed by atoms with Gasteiger partial charge in [-0.1, -0.05) is 38.1 Å². The van der Waals surface area contributed by atoms with Crippen molar-refractivity contribution in [2.24, 2.45) is 0 Å². The maximum absolute atomic E-state index is 12.5. The highest BCUT2D eigenvalue weighted by Gasteiger charge is 2.10. The molecule has 0 bridgehead atoms. The number of hydrogen-bond donors (Lipinski definition) is 0. The minimum atomic E-state index is 0.0119. The maximum atomic E-state index is 12.5. The third kappa shape index (κ3) is 2.68. The van der Waals surface area contributed by atoms with E-state index in [4.69, 9.17) is 0 Å². The van der Waals surface area contributed by atoms with E-state index >= 15 is 0 Å². The van der Waals surface area contributed by atoms with E-state index in [9.17, 15) is 4.79 Å². The van der Waals surface area contributed by atoms with Crippen LogP contribution in [0.2, 0.25) is 0 Å². The molecule has 3 rings (SSSR count). The third-order valence-electron chi connectivity index (χ3n) is 3.57. The molecule has 0 unspecified atom stereocenters. The third-order valence-corrected chi connectivity index (χ3v) is 3.57. The maximum Gasteiger partial charge on any atom is 0.193 e. The molecule has 3 nitrogen and oxygen atoms in total. The normalized spacial score (nSPS) is 11.0. The van der Waals surface area contributed by atoms with Crippen LogP contribution in [0.3, 0.4) is 0 Å². The van der Waals surface area contributed by atoms with Gasteiger partial charge in [0.15, 0.2) is 5.78 Å². The standard InChI is InChI=1S/C18H16N2O/c1-12(2)13-3-5-14(6-4-13)18(21)15-7-8-16-17(11-15)20-10-9-19-16/h3-12H,1-2H3. The summed E-state index contributed by atoms with van der Waals surface area (Å²) in [7, 11) is 0. The number of rotatable bonds is 3. The van der Waals surface area contributed by atoms with Crippen LogP contribution in [0.15, 0.2) is 54.9 Å². The molecular weight excluding hydrogens is 260 g/mol. The van der Waals surface area contributed by atoms with Crippen molar-refractivity contribution in [3.63, 3.8) is 0 Å². The summed E-state index contributed by atoms with van der Waals surface area (Å²) in [5.74, 6) is 0.475. The van der Waals surface area contributed by atoms with Crippen molar-refractivity contribution in [3.05, 3.63) is 71.5 Å². The van der Waals surface area contributed by atoms with Crippen LogP contribution in [0.4, 0.5) is 0 Å². The summed E-state index contributed by atoms with van der Waals surface area (Å²) in [6.45, 7) is 4.28. The number of hydrogen-bond acceptors (Lipinski definition) is 3. The Morgan fingerprint density at radius 3 is 2.14 bits per heavy atom. The Morgan fingerprint density at radius 2 is 1.48 bits per heavy atom. The monoisotopic (exact) mass is 276 g/mol. The molecular formula is C18H16N2O. The summed E-state index contributed by atoms with van der Waals surface area (Å²) in [5.41, 5.74) is 4.10. The van der Waals surface area contributed by atoms with E-state index in [2.05, 4.69) is 23.8 Å². The van der Waals surface area contributed by atoms with E-state index in [1.54, 1.807) is 24.5 Å². The van der Waals surface area contributed by atoms with Crippen molar-refractivity contribution in [1.29, 1.82) is 0 Å². The second kappa shape index (κ2) is 5.44. The first kappa shape index (κ1) is 13.4. The zero-order valence-electron chi connectivity index (χ0n) is 12.1. The fourth-order valence-corrected chi connectivity index (χ4v) is 2.29. The Labute approximate surface area is 123 Å². The highest BCUT2D eigenvalue weighted by Crippen LogP contribution is 2.18. The number of benzene rings is 2. The lowest BCUT2D eigenvalue weighted by Gasteiger charge is -2.07. The number of fused-ring (bicyclic) bond motifs is 1. The Morgan fingerprint density at radius 1 is 0.857 bits per heavy atom. The summed E-state index contributed by atoms with van der Waals surface area (Å²) in [5, 5.41) is 0. The summed E-state index contributed by atoms with van der Waals surface area (Å²) in [6, 6.07) is 13.2. The summed E-state index contributed by atoms with van der Waals surface area (Å²) >= 11 is 0. The van der Waals surface area contributed by atoms with E-state index in [1.165, 1.54) is 5.56 Å². The summed E-state index contributed by atoms with van der Waals surface area (Å²) < 4.78 is 0. The van der Waals surface area contributed by atoms with Crippen LogP contribution in [0.5, 0.6) is 0 Å². The molecule has 1 aromatic heterocycles. The number of aromatic nitrogens is 2. The van der Waals surface area contributed by atoms with Crippen molar-refractivity contribution >= 4 is 16.8 Å². The number of ketones is 1. The van der Waals surface area contributed by atoms with Gasteiger partial charge in [-0.05, 0) is 29.7 Å². The van der Waals surface area contributed by atoms with Gasteiger partial charge in [0.05, 0.1) is 11.0 Å². The van der Waals surface area contributed by atoms with Gasteiger partial charge in [-0.3, -0.25) is 14.8 Å². The molecule has 0 aliphatic rings. The molecule has 3 aromatic rings. The van der Waals surface area contributed by atoms with Crippen molar-refractivity contribution in [2.75, 3.05) is 0 Å². The van der Waals surface area contributed by atoms with E-state index < -0.39 is 0 Å². The number of carbonyl (C=O) groups excluding carboxylic acids is 1. The van der Waals surface area contributed by atoms with E-state index in [0.717, 1.165) is 11.0 Å². The summed E-state index contributed by atoms with van der Waals surface area (Å²) in [4.78, 5) is 21.0. The average molecular weight is 276 g/mol. The molecule has 1 heterocycles. The van der Waals surface area contributed by atoms with E-state index in [0.29, 0.717) is 17.0 Å². The van der Waals surface area contributed by atoms with Gasteiger partial charge in [0.25, 0.3) is 0 Å². The van der Waals surface area contributed by atoms with Crippen LogP contribution >= 0.6 is 0 Å². The van der Waals surface area contributed by atoms with Gasteiger partial charge in [0.1, 0.15) is 0 Å². The minimum absolute atomic E-state index is 0.0119. The Balaban J connectivity index is 1.95. The van der Waals surface area contributed by atoms with Gasteiger partial charge in [-0.25, -0.2) is 0 Å². The van der Waals surface area contributed by atoms with Crippen molar-refractivity contribution < 1.29 is 4.79 Å². The second-order valence-corrected chi connectivity index (χ2v) is 5.37. The van der Waals surface area contributed by atoms with Crippen molar-refractivity contribution in [2.45, 2.75) is 19.8 Å². The quantitative estimate of drug-likeness (QED) is 0.679. The summed E-state index contributed by atoms with van der Waals surface area (Å²) in [6.07, 6.45) is 3.28. The minimum Gasteiger partial charge on any atom is -0.289 e. The highest BCUT2D eigenvalue weighted by atomic mass is 16.1. The predicted octanol–water partition coefficient (Wildman–Crippen LogP) is 3.98. The zero-order valence-corrected chi connectivity index (χ0v) is 12.1. The number of carbonyl (C=O) groups is 1. The van der Waals surface area contributed by atoms with E-state index in [1.807, 2.05) is 30.3 Å². The van der Waals surface area contributed by atoms with Crippen LogP contribution < -0.4 is 0 Å². The van der Waals surface area contributed by atoms with Crippen LogP contribution in [0.25, 0.3) is 11.0 Å². The first-order valence-corrected chi connectivity index (χ1v) is 7.00. The molecule has 104 valence electrons. The molecule has 0 radical (unpaired) electrons. The van der Waals surface area contributed by atoms with Crippen LogP contribution in [0.1, 0.15) is 41.3 Å². The Kier molecular flexibility index (Phi) is 3.48. The lowest BCUT2D eigenvalue weighted by molar-refractivity contribution is 0.103. The first-order chi connectivity index (χ1) is 10.1. The molecule has 0 amide bonds. The van der Waals surface area contributed by atoms with Crippen LogP contribution in [0, 0.1) is 0 Å². The van der Waals surface area contributed by atoms with Gasteiger partial charge in [-0.15, -0.1) is 0 Å². The lowest BCUT2D eigenvalue weighted by Crippen LogP contribution is -2.02. The Bertz CT molecular complexity index is 792. The molecule has 2 aromatic carbocycles. The fraction of sp³-hybridized carbons (Fsp3) is 0.167. The van der Waals surface area contributed by atoms with Crippen LogP contribution in [-0.4, -0.2) is 15.8 Å². The first-order valence-electron chi connectivity index (χ1n) is 7.00. The molecule has 0 N–H and O–H groups in total. The fourth-order valence-electron chi connectivity index (χ4n) is 2.29. The SMILES string of the molecule is CC(C)c1ccc(C(=O)c2ccc3nccnc3c2)cc1. The average Bonchev–Trinajstić information content (AvgIpc) is 2.54.